The molecular weight excluding hydrogens is 464 g/mol. The monoisotopic (exact) mass is 482 g/mol. The van der Waals surface area contributed by atoms with Crippen molar-refractivity contribution in [2.45, 2.75) is 12.9 Å². The number of halogens is 4. The summed E-state index contributed by atoms with van der Waals surface area (Å²) in [6, 6.07) is 15.9. The summed E-state index contributed by atoms with van der Waals surface area (Å²) < 4.78 is 80.0. The van der Waals surface area contributed by atoms with Crippen LogP contribution >= 0.6 is 0 Å². The van der Waals surface area contributed by atoms with Gasteiger partial charge in [-0.05, 0) is 54.6 Å². The summed E-state index contributed by atoms with van der Waals surface area (Å²) in [5.41, 5.74) is 0.818. The maximum atomic E-state index is 14.0. The van der Waals surface area contributed by atoms with Crippen molar-refractivity contribution >= 4 is 27.3 Å². The third kappa shape index (κ3) is 6.69. The molecule has 3 aromatic carbocycles. The fraction of sp³-hybridized carbons (Fsp3) is 0.136. The molecule has 3 aromatic rings. The molecule has 0 aliphatic rings. The summed E-state index contributed by atoms with van der Waals surface area (Å²) >= 11 is 0. The second-order valence-electron chi connectivity index (χ2n) is 6.93. The smallest absolute Gasteiger partial charge is 0.406 e. The molecule has 33 heavy (non-hydrogen) atoms. The van der Waals surface area contributed by atoms with Crippen molar-refractivity contribution in [3.8, 4) is 5.75 Å². The molecular formula is C22H18F4N2O4S. The van der Waals surface area contributed by atoms with E-state index in [-0.39, 0.29) is 29.0 Å². The van der Waals surface area contributed by atoms with Crippen molar-refractivity contribution in [1.82, 2.24) is 0 Å². The van der Waals surface area contributed by atoms with Crippen LogP contribution in [-0.4, -0.2) is 26.9 Å². The lowest BCUT2D eigenvalue weighted by atomic mass is 10.1. The van der Waals surface area contributed by atoms with Gasteiger partial charge in [-0.15, -0.1) is 13.2 Å². The normalized spacial score (nSPS) is 11.7. The number of anilines is 2. The van der Waals surface area contributed by atoms with Crippen LogP contribution in [0, 0.1) is 5.82 Å². The number of benzene rings is 3. The molecule has 0 unspecified atom stereocenters. The molecule has 174 valence electrons. The second-order valence-corrected chi connectivity index (χ2v) is 8.84. The average Bonchev–Trinajstić information content (AvgIpc) is 2.73. The molecule has 0 fully saturated rings. The number of nitrogens with zero attached hydrogens (tertiary/aromatic N) is 1. The minimum Gasteiger partial charge on any atom is -0.406 e. The van der Waals surface area contributed by atoms with Crippen molar-refractivity contribution in [2.24, 2.45) is 0 Å². The Kier molecular flexibility index (Phi) is 6.92. The lowest BCUT2D eigenvalue weighted by Crippen LogP contribution is -2.29. The maximum Gasteiger partial charge on any atom is 0.573 e. The van der Waals surface area contributed by atoms with Gasteiger partial charge >= 0.3 is 6.36 Å². The first-order chi connectivity index (χ1) is 15.4. The van der Waals surface area contributed by atoms with Gasteiger partial charge in [0, 0.05) is 16.8 Å². The number of hydrogen-bond acceptors (Lipinski definition) is 4. The van der Waals surface area contributed by atoms with Gasteiger partial charge in [0.25, 0.3) is 5.91 Å². The van der Waals surface area contributed by atoms with Crippen molar-refractivity contribution in [2.75, 3.05) is 15.9 Å². The van der Waals surface area contributed by atoms with Crippen LogP contribution in [0.4, 0.5) is 28.9 Å². The quantitative estimate of drug-likeness (QED) is 0.484. The summed E-state index contributed by atoms with van der Waals surface area (Å²) in [7, 11) is -3.76. The first kappa shape index (κ1) is 24.1. The summed E-state index contributed by atoms with van der Waals surface area (Å²) in [4.78, 5) is 12.4. The van der Waals surface area contributed by atoms with Gasteiger partial charge < -0.3 is 10.1 Å². The predicted octanol–water partition coefficient (Wildman–Crippen LogP) is 4.94. The number of rotatable bonds is 7. The molecule has 3 rings (SSSR count). The fourth-order valence-electron chi connectivity index (χ4n) is 2.90. The molecule has 0 heterocycles. The lowest BCUT2D eigenvalue weighted by molar-refractivity contribution is -0.274. The lowest BCUT2D eigenvalue weighted by Gasteiger charge is -2.23. The van der Waals surface area contributed by atoms with Crippen LogP contribution in [0.3, 0.4) is 0 Å². The summed E-state index contributed by atoms with van der Waals surface area (Å²) in [5.74, 6) is -1.54. The number of carbonyl (C=O) groups excluding carboxylic acids is 1. The third-order valence-electron chi connectivity index (χ3n) is 4.44. The van der Waals surface area contributed by atoms with E-state index < -0.39 is 33.9 Å². The molecule has 0 spiro atoms. The van der Waals surface area contributed by atoms with E-state index in [4.69, 9.17) is 0 Å². The van der Waals surface area contributed by atoms with Gasteiger partial charge in [-0.1, -0.05) is 18.2 Å². The van der Waals surface area contributed by atoms with Crippen LogP contribution in [0.5, 0.6) is 5.75 Å². The van der Waals surface area contributed by atoms with E-state index >= 15 is 0 Å². The molecule has 6 nitrogen and oxygen atoms in total. The number of nitrogens with one attached hydrogen (secondary N) is 1. The molecule has 0 aromatic heterocycles. The van der Waals surface area contributed by atoms with E-state index in [1.54, 1.807) is 6.07 Å². The molecule has 0 saturated carbocycles. The van der Waals surface area contributed by atoms with E-state index in [0.29, 0.717) is 0 Å². The van der Waals surface area contributed by atoms with Crippen LogP contribution in [0.2, 0.25) is 0 Å². The van der Waals surface area contributed by atoms with E-state index in [2.05, 4.69) is 10.1 Å². The van der Waals surface area contributed by atoms with Crippen molar-refractivity contribution in [1.29, 1.82) is 0 Å². The number of amides is 1. The van der Waals surface area contributed by atoms with E-state index in [1.165, 1.54) is 54.6 Å². The van der Waals surface area contributed by atoms with Gasteiger partial charge in [0.05, 0.1) is 18.5 Å². The zero-order valence-electron chi connectivity index (χ0n) is 17.1. The van der Waals surface area contributed by atoms with Crippen molar-refractivity contribution in [3.63, 3.8) is 0 Å². The highest BCUT2D eigenvalue weighted by molar-refractivity contribution is 7.92. The zero-order chi connectivity index (χ0) is 24.2. The summed E-state index contributed by atoms with van der Waals surface area (Å²) in [6.45, 7) is -0.233. The van der Waals surface area contributed by atoms with Crippen molar-refractivity contribution < 1.29 is 35.5 Å². The maximum absolute atomic E-state index is 14.0. The van der Waals surface area contributed by atoms with Crippen LogP contribution in [0.25, 0.3) is 0 Å². The van der Waals surface area contributed by atoms with Crippen molar-refractivity contribution in [3.05, 3.63) is 89.7 Å². The highest BCUT2D eigenvalue weighted by Gasteiger charge is 2.31. The highest BCUT2D eigenvalue weighted by Crippen LogP contribution is 2.25. The van der Waals surface area contributed by atoms with Gasteiger partial charge in [0.15, 0.2) is 0 Å². The Morgan fingerprint density at radius 1 is 0.970 bits per heavy atom. The first-order valence-electron chi connectivity index (χ1n) is 9.41. The molecule has 0 aliphatic carbocycles. The largest absolute Gasteiger partial charge is 0.573 e. The second kappa shape index (κ2) is 9.49. The van der Waals surface area contributed by atoms with Crippen LogP contribution < -0.4 is 14.4 Å². The topological polar surface area (TPSA) is 75.7 Å². The zero-order valence-corrected chi connectivity index (χ0v) is 18.0. The van der Waals surface area contributed by atoms with E-state index in [0.717, 1.165) is 22.7 Å². The molecule has 0 aliphatic heterocycles. The Morgan fingerprint density at radius 3 is 2.12 bits per heavy atom. The minimum atomic E-state index is -4.82. The Balaban J connectivity index is 1.73. The summed E-state index contributed by atoms with van der Waals surface area (Å²) in [5, 5.41) is 2.52. The van der Waals surface area contributed by atoms with Gasteiger partial charge in [-0.2, -0.15) is 0 Å². The number of ether oxygens (including phenoxy) is 1. The summed E-state index contributed by atoms with van der Waals surface area (Å²) in [6.07, 6.45) is -3.83. The molecule has 11 heteroatoms. The van der Waals surface area contributed by atoms with E-state index in [9.17, 15) is 30.8 Å². The molecule has 1 amide bonds. The Hall–Kier alpha value is -3.60. The predicted molar refractivity (Wildman–Crippen MR) is 115 cm³/mol. The fourth-order valence-corrected chi connectivity index (χ4v) is 3.78. The third-order valence-corrected chi connectivity index (χ3v) is 5.58. The van der Waals surface area contributed by atoms with Gasteiger partial charge in [0.2, 0.25) is 10.0 Å². The first-order valence-corrected chi connectivity index (χ1v) is 11.3. The Bertz CT molecular complexity index is 1230. The molecule has 0 atom stereocenters. The Labute approximate surface area is 187 Å². The molecule has 0 radical (unpaired) electrons. The number of alkyl halides is 3. The standard InChI is InChI=1S/C22H18F4N2O4S/c1-33(30,31)28(14-16-4-2-3-5-20(16)23)18-10-6-15(7-11-18)21(29)27-17-8-12-19(13-9-17)32-22(24,25)26/h2-13H,14H2,1H3,(H,27,29). The van der Waals surface area contributed by atoms with Gasteiger partial charge in [-0.25, -0.2) is 12.8 Å². The minimum absolute atomic E-state index is 0.175. The van der Waals surface area contributed by atoms with Crippen LogP contribution in [-0.2, 0) is 16.6 Å². The van der Waals surface area contributed by atoms with E-state index in [1.807, 2.05) is 0 Å². The molecule has 0 bridgehead atoms. The van der Waals surface area contributed by atoms with Crippen LogP contribution in [0.1, 0.15) is 15.9 Å². The number of hydrogen-bond donors (Lipinski definition) is 1. The van der Waals surface area contributed by atoms with Gasteiger partial charge in [-0.3, -0.25) is 9.10 Å². The van der Waals surface area contributed by atoms with Crippen LogP contribution in [0.15, 0.2) is 72.8 Å². The number of sulfonamides is 1. The molecule has 0 saturated heterocycles. The average molecular weight is 482 g/mol. The Morgan fingerprint density at radius 2 is 1.58 bits per heavy atom. The molecule has 1 N–H and O–H groups in total. The number of carbonyl (C=O) groups is 1. The highest BCUT2D eigenvalue weighted by atomic mass is 32.2. The van der Waals surface area contributed by atoms with Gasteiger partial charge in [0.1, 0.15) is 11.6 Å². The SMILES string of the molecule is CS(=O)(=O)N(Cc1ccccc1F)c1ccc(C(=O)Nc2ccc(OC(F)(F)F)cc2)cc1.